The van der Waals surface area contributed by atoms with Gasteiger partial charge in [0.2, 0.25) is 29.4 Å². The molecule has 0 aliphatic heterocycles. The van der Waals surface area contributed by atoms with E-state index in [1.54, 1.807) is 13.8 Å². The molecule has 0 aromatic heterocycles. The van der Waals surface area contributed by atoms with Crippen molar-refractivity contribution in [3.05, 3.63) is 0 Å². The van der Waals surface area contributed by atoms with E-state index in [2.05, 4.69) is 33.5 Å². The summed E-state index contributed by atoms with van der Waals surface area (Å²) in [6.07, 6.45) is 9.00. The van der Waals surface area contributed by atoms with Crippen LogP contribution in [0.3, 0.4) is 0 Å². The summed E-state index contributed by atoms with van der Waals surface area (Å²) in [5, 5.41) is 13.2. The van der Waals surface area contributed by atoms with Crippen molar-refractivity contribution >= 4 is 41.3 Å². The molecule has 4 unspecified atom stereocenters. The Morgan fingerprint density at radius 3 is 2.07 bits per heavy atom. The van der Waals surface area contributed by atoms with Crippen LogP contribution < -0.4 is 26.6 Å². The maximum atomic E-state index is 13.5. The highest BCUT2D eigenvalue weighted by Crippen LogP contribution is 2.27. The molecule has 13 heteroatoms. The number of rotatable bonds is 22. The standard InChI is InChI=1S/C33H57N5O8/c1-6-9-19-34-26(39)18-13-15-22(4)30(42)38-28(24-16-11-10-12-17-24)32(44)36-23(5)31(43)37-25(14-7-2)29(41)33(45)35-21-27(40)46-20-8-3/h22-25,28H,6-21H2,1-5H3,(H,34,39)(H,35,45)(H,36,44)(H,37,43)(H,38,42). The van der Waals surface area contributed by atoms with E-state index in [0.717, 1.165) is 44.9 Å². The quantitative estimate of drug-likeness (QED) is 0.0669. The lowest BCUT2D eigenvalue weighted by Gasteiger charge is -2.31. The van der Waals surface area contributed by atoms with Gasteiger partial charge in [0.15, 0.2) is 0 Å². The van der Waals surface area contributed by atoms with Gasteiger partial charge in [0.25, 0.3) is 5.91 Å². The number of esters is 1. The maximum absolute atomic E-state index is 13.5. The van der Waals surface area contributed by atoms with Crippen molar-refractivity contribution < 1.29 is 38.3 Å². The third-order valence-electron chi connectivity index (χ3n) is 8.09. The van der Waals surface area contributed by atoms with Crippen LogP contribution in [-0.2, 0) is 38.3 Å². The number of unbranched alkanes of at least 4 members (excludes halogenated alkanes) is 1. The SMILES string of the molecule is CCCCNC(=O)CCCC(C)C(=O)NC(C(=O)NC(C)C(=O)NC(CCC)C(=O)C(=O)NCC(=O)OCCC)C1CCCCC1. The molecule has 0 aromatic carbocycles. The van der Waals surface area contributed by atoms with Crippen molar-refractivity contribution in [2.45, 2.75) is 136 Å². The minimum Gasteiger partial charge on any atom is -0.464 e. The number of carbonyl (C=O) groups is 7. The normalized spacial score (nSPS) is 15.8. The van der Waals surface area contributed by atoms with Crippen LogP contribution in [0.15, 0.2) is 0 Å². The summed E-state index contributed by atoms with van der Waals surface area (Å²) < 4.78 is 4.89. The second-order valence-electron chi connectivity index (χ2n) is 12.2. The molecule has 0 heterocycles. The van der Waals surface area contributed by atoms with Gasteiger partial charge < -0.3 is 31.3 Å². The van der Waals surface area contributed by atoms with E-state index in [9.17, 15) is 33.6 Å². The third-order valence-corrected chi connectivity index (χ3v) is 8.09. The van der Waals surface area contributed by atoms with E-state index in [1.807, 2.05) is 6.92 Å². The van der Waals surface area contributed by atoms with Gasteiger partial charge in [0.05, 0.1) is 12.6 Å². The van der Waals surface area contributed by atoms with E-state index < -0.39 is 60.1 Å². The minimum absolute atomic E-state index is 0.0385. The lowest BCUT2D eigenvalue weighted by Crippen LogP contribution is -2.58. The summed E-state index contributed by atoms with van der Waals surface area (Å²) in [6.45, 7) is 9.28. The van der Waals surface area contributed by atoms with Gasteiger partial charge in [-0.3, -0.25) is 33.6 Å². The zero-order chi connectivity index (χ0) is 34.5. The Morgan fingerprint density at radius 1 is 0.739 bits per heavy atom. The van der Waals surface area contributed by atoms with Gasteiger partial charge >= 0.3 is 5.97 Å². The summed E-state index contributed by atoms with van der Waals surface area (Å²) in [5.74, 6) is -4.57. The zero-order valence-electron chi connectivity index (χ0n) is 28.5. The molecule has 262 valence electrons. The molecular formula is C33H57N5O8. The van der Waals surface area contributed by atoms with Crippen molar-refractivity contribution in [2.24, 2.45) is 11.8 Å². The van der Waals surface area contributed by atoms with E-state index in [-0.39, 0.29) is 30.8 Å². The van der Waals surface area contributed by atoms with E-state index in [4.69, 9.17) is 4.74 Å². The molecule has 13 nitrogen and oxygen atoms in total. The fourth-order valence-electron chi connectivity index (χ4n) is 5.24. The average molecular weight is 652 g/mol. The van der Waals surface area contributed by atoms with Crippen LogP contribution in [-0.4, -0.2) is 79.1 Å². The molecule has 5 amide bonds. The summed E-state index contributed by atoms with van der Waals surface area (Å²) in [6, 6.07) is -3.04. The number of amides is 5. The van der Waals surface area contributed by atoms with E-state index in [1.165, 1.54) is 6.92 Å². The fraction of sp³-hybridized carbons (Fsp3) is 0.788. The van der Waals surface area contributed by atoms with Gasteiger partial charge in [-0.1, -0.05) is 59.8 Å². The molecule has 0 aromatic rings. The summed E-state index contributed by atoms with van der Waals surface area (Å²) in [7, 11) is 0. The molecular weight excluding hydrogens is 594 g/mol. The number of hydrogen-bond donors (Lipinski definition) is 5. The molecule has 0 saturated heterocycles. The minimum atomic E-state index is -1.15. The molecule has 0 spiro atoms. The molecule has 1 aliphatic carbocycles. The van der Waals surface area contributed by atoms with Crippen LogP contribution in [0.4, 0.5) is 0 Å². The van der Waals surface area contributed by atoms with Crippen LogP contribution in [0.25, 0.3) is 0 Å². The van der Waals surface area contributed by atoms with Gasteiger partial charge in [-0.25, -0.2) is 0 Å². The Hall–Kier alpha value is -3.51. The molecule has 1 fully saturated rings. The van der Waals surface area contributed by atoms with Gasteiger partial charge in [0, 0.05) is 18.9 Å². The first kappa shape index (κ1) is 40.5. The van der Waals surface area contributed by atoms with Crippen molar-refractivity contribution in [1.29, 1.82) is 0 Å². The number of carbonyl (C=O) groups excluding carboxylic acids is 7. The first-order chi connectivity index (χ1) is 21.9. The fourth-order valence-corrected chi connectivity index (χ4v) is 5.24. The van der Waals surface area contributed by atoms with Gasteiger partial charge in [-0.05, 0) is 57.8 Å². The molecule has 1 saturated carbocycles. The molecule has 1 rings (SSSR count). The highest BCUT2D eigenvalue weighted by atomic mass is 16.5. The Morgan fingerprint density at radius 2 is 1.43 bits per heavy atom. The predicted molar refractivity (Wildman–Crippen MR) is 173 cm³/mol. The highest BCUT2D eigenvalue weighted by Gasteiger charge is 2.34. The predicted octanol–water partition coefficient (Wildman–Crippen LogP) is 2.20. The number of ether oxygens (including phenoxy) is 1. The van der Waals surface area contributed by atoms with Crippen molar-refractivity contribution in [2.75, 3.05) is 19.7 Å². The summed E-state index contributed by atoms with van der Waals surface area (Å²) >= 11 is 0. The smallest absolute Gasteiger partial charge is 0.325 e. The third kappa shape index (κ3) is 15.7. The Bertz CT molecular complexity index is 1010. The molecule has 46 heavy (non-hydrogen) atoms. The highest BCUT2D eigenvalue weighted by molar-refractivity contribution is 6.38. The largest absolute Gasteiger partial charge is 0.464 e. The Kier molecular flexibility index (Phi) is 20.2. The Balaban J connectivity index is 2.78. The van der Waals surface area contributed by atoms with Crippen molar-refractivity contribution in [3.8, 4) is 0 Å². The van der Waals surface area contributed by atoms with Gasteiger partial charge in [-0.15, -0.1) is 0 Å². The number of Topliss-reactive ketones (excluding diaryl/α,β-unsaturated/α-hetero) is 1. The monoisotopic (exact) mass is 651 g/mol. The molecule has 0 radical (unpaired) electrons. The first-order valence-corrected chi connectivity index (χ1v) is 17.1. The van der Waals surface area contributed by atoms with Crippen LogP contribution in [0, 0.1) is 11.8 Å². The first-order valence-electron chi connectivity index (χ1n) is 17.1. The maximum Gasteiger partial charge on any atom is 0.325 e. The van der Waals surface area contributed by atoms with Crippen LogP contribution >= 0.6 is 0 Å². The van der Waals surface area contributed by atoms with Crippen LogP contribution in [0.5, 0.6) is 0 Å². The molecule has 1 aliphatic rings. The molecule has 5 N–H and O–H groups in total. The lowest BCUT2D eigenvalue weighted by atomic mass is 9.83. The topological polar surface area (TPSA) is 189 Å². The van der Waals surface area contributed by atoms with Gasteiger partial charge in [0.1, 0.15) is 18.6 Å². The Labute approximate surface area is 273 Å². The summed E-state index contributed by atoms with van der Waals surface area (Å²) in [4.78, 5) is 88.5. The second-order valence-corrected chi connectivity index (χ2v) is 12.2. The summed E-state index contributed by atoms with van der Waals surface area (Å²) in [5.41, 5.74) is 0. The van der Waals surface area contributed by atoms with Crippen molar-refractivity contribution in [3.63, 3.8) is 0 Å². The van der Waals surface area contributed by atoms with Crippen molar-refractivity contribution in [1.82, 2.24) is 26.6 Å². The van der Waals surface area contributed by atoms with Crippen LogP contribution in [0.2, 0.25) is 0 Å². The lowest BCUT2D eigenvalue weighted by molar-refractivity contribution is -0.146. The zero-order valence-corrected chi connectivity index (χ0v) is 28.5. The molecule has 4 atom stereocenters. The van der Waals surface area contributed by atoms with E-state index in [0.29, 0.717) is 38.6 Å². The number of nitrogens with one attached hydrogen (secondary N) is 5. The number of ketones is 1. The number of hydrogen-bond acceptors (Lipinski definition) is 8. The van der Waals surface area contributed by atoms with Crippen LogP contribution in [0.1, 0.15) is 118 Å². The van der Waals surface area contributed by atoms with E-state index >= 15 is 0 Å². The average Bonchev–Trinajstić information content (AvgIpc) is 3.04. The molecule has 0 bridgehead atoms. The second kappa shape index (κ2) is 22.9. The van der Waals surface area contributed by atoms with Gasteiger partial charge in [-0.2, -0.15) is 0 Å².